The first-order valence-corrected chi connectivity index (χ1v) is 10.3. The van der Waals surface area contributed by atoms with Crippen molar-refractivity contribution in [1.82, 2.24) is 9.47 Å². The summed E-state index contributed by atoms with van der Waals surface area (Å²) < 4.78 is 13.7. The zero-order chi connectivity index (χ0) is 17.8. The molecule has 2 aromatic rings. The van der Waals surface area contributed by atoms with E-state index >= 15 is 0 Å². The monoisotopic (exact) mass is 374 g/mol. The standard InChI is InChI=1S/C20H26N2O3S/c23-20(19-4-2-12-26-19)21-13-17-3-1-8-22(17)18(14-21)7-11-25-15-16-5-9-24-10-6-16/h1-4,8,12,16,18H,5-7,9-11,13-15H2/t18-/m1/s1. The van der Waals surface area contributed by atoms with Gasteiger partial charge in [-0.2, -0.15) is 0 Å². The SMILES string of the molecule is O=C(c1cccs1)N1Cc2cccn2[C@H](CCOCC2CCOCC2)C1. The number of aromatic nitrogens is 1. The molecule has 1 saturated heterocycles. The first kappa shape index (κ1) is 17.8. The molecule has 1 amide bonds. The van der Waals surface area contributed by atoms with Crippen molar-refractivity contribution >= 4 is 17.2 Å². The van der Waals surface area contributed by atoms with E-state index in [4.69, 9.17) is 9.47 Å². The van der Waals surface area contributed by atoms with E-state index in [1.54, 1.807) is 0 Å². The van der Waals surface area contributed by atoms with Crippen LogP contribution < -0.4 is 0 Å². The zero-order valence-corrected chi connectivity index (χ0v) is 15.8. The topological polar surface area (TPSA) is 43.7 Å². The van der Waals surface area contributed by atoms with E-state index in [2.05, 4.69) is 22.9 Å². The second-order valence-corrected chi connectivity index (χ2v) is 8.09. The van der Waals surface area contributed by atoms with E-state index in [1.807, 2.05) is 22.4 Å². The van der Waals surface area contributed by atoms with E-state index in [9.17, 15) is 4.79 Å². The summed E-state index contributed by atoms with van der Waals surface area (Å²) in [6.45, 7) is 4.72. The lowest BCUT2D eigenvalue weighted by molar-refractivity contribution is 0.0161. The molecule has 0 aliphatic carbocycles. The molecule has 26 heavy (non-hydrogen) atoms. The Morgan fingerprint density at radius 1 is 1.27 bits per heavy atom. The Kier molecular flexibility index (Phi) is 5.72. The van der Waals surface area contributed by atoms with Crippen LogP contribution in [0.4, 0.5) is 0 Å². The van der Waals surface area contributed by atoms with Crippen LogP contribution in [-0.2, 0) is 16.0 Å². The molecule has 2 aliphatic rings. The molecule has 0 unspecified atom stereocenters. The van der Waals surface area contributed by atoms with Crippen LogP contribution in [0.1, 0.15) is 40.7 Å². The fourth-order valence-electron chi connectivity index (χ4n) is 3.85. The van der Waals surface area contributed by atoms with Gasteiger partial charge >= 0.3 is 0 Å². The second-order valence-electron chi connectivity index (χ2n) is 7.14. The molecular weight excluding hydrogens is 348 g/mol. The van der Waals surface area contributed by atoms with Crippen LogP contribution in [0.3, 0.4) is 0 Å². The fraction of sp³-hybridized carbons (Fsp3) is 0.550. The van der Waals surface area contributed by atoms with Crippen molar-refractivity contribution in [2.75, 3.05) is 33.0 Å². The molecule has 2 aromatic heterocycles. The first-order valence-electron chi connectivity index (χ1n) is 9.45. The van der Waals surface area contributed by atoms with Gasteiger partial charge in [0, 0.05) is 44.9 Å². The highest BCUT2D eigenvalue weighted by Gasteiger charge is 2.28. The number of nitrogens with zero attached hydrogens (tertiary/aromatic N) is 2. The van der Waals surface area contributed by atoms with Gasteiger partial charge in [0.25, 0.3) is 5.91 Å². The fourth-order valence-corrected chi connectivity index (χ4v) is 4.54. The minimum Gasteiger partial charge on any atom is -0.381 e. The Hall–Kier alpha value is -1.63. The molecule has 0 spiro atoms. The molecule has 4 heterocycles. The van der Waals surface area contributed by atoms with Crippen LogP contribution >= 0.6 is 11.3 Å². The summed E-state index contributed by atoms with van der Waals surface area (Å²) in [6.07, 6.45) is 5.27. The molecule has 0 bridgehead atoms. The summed E-state index contributed by atoms with van der Waals surface area (Å²) in [4.78, 5) is 15.6. The minimum atomic E-state index is 0.139. The van der Waals surface area contributed by atoms with Crippen LogP contribution in [0.5, 0.6) is 0 Å². The normalized spacial score (nSPS) is 20.9. The van der Waals surface area contributed by atoms with Crippen molar-refractivity contribution in [2.45, 2.75) is 31.8 Å². The third-order valence-corrected chi connectivity index (χ3v) is 6.21. The Morgan fingerprint density at radius 3 is 2.96 bits per heavy atom. The van der Waals surface area contributed by atoms with Crippen molar-refractivity contribution in [3.8, 4) is 0 Å². The maximum Gasteiger partial charge on any atom is 0.264 e. The lowest BCUT2D eigenvalue weighted by atomic mass is 10.0. The van der Waals surface area contributed by atoms with Crippen LogP contribution in [-0.4, -0.2) is 48.3 Å². The Bertz CT molecular complexity index is 706. The molecule has 0 aromatic carbocycles. The number of ether oxygens (including phenoxy) is 2. The van der Waals surface area contributed by atoms with Crippen molar-refractivity contribution in [2.24, 2.45) is 5.92 Å². The number of hydrogen-bond donors (Lipinski definition) is 0. The molecule has 2 aliphatic heterocycles. The van der Waals surface area contributed by atoms with E-state index in [1.165, 1.54) is 17.0 Å². The molecular formula is C20H26N2O3S. The molecule has 5 nitrogen and oxygen atoms in total. The average Bonchev–Trinajstić information content (AvgIpc) is 3.37. The third-order valence-electron chi connectivity index (χ3n) is 5.35. The van der Waals surface area contributed by atoms with E-state index in [0.717, 1.165) is 57.1 Å². The highest BCUT2D eigenvalue weighted by molar-refractivity contribution is 7.12. The summed E-state index contributed by atoms with van der Waals surface area (Å²) in [5, 5.41) is 1.96. The molecule has 6 heteroatoms. The summed E-state index contributed by atoms with van der Waals surface area (Å²) in [5.41, 5.74) is 1.20. The molecule has 1 fully saturated rings. The van der Waals surface area contributed by atoms with Gasteiger partial charge in [-0.3, -0.25) is 4.79 Å². The Morgan fingerprint density at radius 2 is 2.15 bits per heavy atom. The number of thiophene rings is 1. The van der Waals surface area contributed by atoms with Crippen molar-refractivity contribution in [3.05, 3.63) is 46.4 Å². The molecule has 1 atom stereocenters. The van der Waals surface area contributed by atoms with Gasteiger partial charge in [0.05, 0.1) is 17.5 Å². The largest absolute Gasteiger partial charge is 0.381 e. The number of fused-ring (bicyclic) bond motifs is 1. The summed E-state index contributed by atoms with van der Waals surface area (Å²) in [5.74, 6) is 0.773. The van der Waals surface area contributed by atoms with Gasteiger partial charge in [-0.25, -0.2) is 0 Å². The van der Waals surface area contributed by atoms with Gasteiger partial charge in [-0.15, -0.1) is 11.3 Å². The van der Waals surface area contributed by atoms with Gasteiger partial charge in [0.2, 0.25) is 0 Å². The van der Waals surface area contributed by atoms with Crippen molar-refractivity contribution < 1.29 is 14.3 Å². The van der Waals surface area contributed by atoms with Gasteiger partial charge < -0.3 is 18.9 Å². The number of carbonyl (C=O) groups excluding carboxylic acids is 1. The Labute approximate surface area is 158 Å². The van der Waals surface area contributed by atoms with Crippen LogP contribution in [0.25, 0.3) is 0 Å². The molecule has 0 N–H and O–H groups in total. The number of amides is 1. The van der Waals surface area contributed by atoms with E-state index in [0.29, 0.717) is 12.5 Å². The van der Waals surface area contributed by atoms with Gasteiger partial charge in [-0.05, 0) is 48.8 Å². The molecule has 0 radical (unpaired) electrons. The third kappa shape index (κ3) is 4.03. The number of rotatable bonds is 6. The van der Waals surface area contributed by atoms with E-state index in [-0.39, 0.29) is 11.9 Å². The van der Waals surface area contributed by atoms with Crippen LogP contribution in [0.15, 0.2) is 35.8 Å². The quantitative estimate of drug-likeness (QED) is 0.726. The number of hydrogen-bond acceptors (Lipinski definition) is 4. The van der Waals surface area contributed by atoms with Gasteiger partial charge in [-0.1, -0.05) is 6.07 Å². The lowest BCUT2D eigenvalue weighted by Gasteiger charge is -2.35. The lowest BCUT2D eigenvalue weighted by Crippen LogP contribution is -2.40. The Balaban J connectivity index is 1.33. The van der Waals surface area contributed by atoms with Gasteiger partial charge in [0.15, 0.2) is 0 Å². The zero-order valence-electron chi connectivity index (χ0n) is 15.0. The van der Waals surface area contributed by atoms with E-state index < -0.39 is 0 Å². The highest BCUT2D eigenvalue weighted by Crippen LogP contribution is 2.27. The maximum absolute atomic E-state index is 12.8. The highest BCUT2D eigenvalue weighted by atomic mass is 32.1. The van der Waals surface area contributed by atoms with Crippen LogP contribution in [0, 0.1) is 5.92 Å². The first-order chi connectivity index (χ1) is 12.8. The predicted molar refractivity (Wildman–Crippen MR) is 102 cm³/mol. The predicted octanol–water partition coefficient (Wildman–Crippen LogP) is 3.58. The summed E-state index contributed by atoms with van der Waals surface area (Å²) >= 11 is 1.51. The average molecular weight is 375 g/mol. The molecule has 0 saturated carbocycles. The molecule has 140 valence electrons. The maximum atomic E-state index is 12.8. The summed E-state index contributed by atoms with van der Waals surface area (Å²) in [7, 11) is 0. The number of carbonyl (C=O) groups is 1. The summed E-state index contributed by atoms with van der Waals surface area (Å²) in [6, 6.07) is 8.32. The second kappa shape index (κ2) is 8.37. The minimum absolute atomic E-state index is 0.139. The molecule has 4 rings (SSSR count). The van der Waals surface area contributed by atoms with Crippen molar-refractivity contribution in [3.63, 3.8) is 0 Å². The smallest absolute Gasteiger partial charge is 0.264 e. The van der Waals surface area contributed by atoms with Crippen LogP contribution in [0.2, 0.25) is 0 Å². The van der Waals surface area contributed by atoms with Crippen molar-refractivity contribution in [1.29, 1.82) is 0 Å². The van der Waals surface area contributed by atoms with Gasteiger partial charge in [0.1, 0.15) is 0 Å².